The normalized spacial score (nSPS) is 11.1. The highest BCUT2D eigenvalue weighted by Crippen LogP contribution is 2.17. The van der Waals surface area contributed by atoms with E-state index in [1.807, 2.05) is 6.07 Å². The van der Waals surface area contributed by atoms with Crippen LogP contribution < -0.4 is 10.5 Å². The minimum absolute atomic E-state index is 0.121. The summed E-state index contributed by atoms with van der Waals surface area (Å²) in [6, 6.07) is 14.1. The summed E-state index contributed by atoms with van der Waals surface area (Å²) in [5.74, 6) is 0.772. The lowest BCUT2D eigenvalue weighted by molar-refractivity contribution is 0.258. The molecular weight excluding hydrogens is 346 g/mol. The van der Waals surface area contributed by atoms with Crippen LogP contribution in [0, 0.1) is 0 Å². The van der Waals surface area contributed by atoms with Crippen LogP contribution in [0.3, 0.4) is 0 Å². The summed E-state index contributed by atoms with van der Waals surface area (Å²) in [5.41, 5.74) is 1.18. The molecule has 2 aromatic heterocycles. The molecule has 0 saturated heterocycles. The standard InChI is InChI=1S/C17H12ClN3O4/c18-11-5-7-12(8-6-11)23-10-16-20-19-15(25-16)9-21-13-3-1-2-4-14(13)24-17(21)22/h1-8H,9-10H2. The molecule has 4 aromatic rings. The Balaban J connectivity index is 1.48. The summed E-state index contributed by atoms with van der Waals surface area (Å²) in [6.07, 6.45) is 0. The van der Waals surface area contributed by atoms with Crippen molar-refractivity contribution in [2.24, 2.45) is 0 Å². The van der Waals surface area contributed by atoms with Crippen LogP contribution >= 0.6 is 11.6 Å². The predicted octanol–water partition coefficient (Wildman–Crippen LogP) is 3.26. The average molecular weight is 358 g/mol. The first-order valence-electron chi connectivity index (χ1n) is 7.47. The second kappa shape index (κ2) is 6.45. The van der Waals surface area contributed by atoms with E-state index >= 15 is 0 Å². The number of halogens is 1. The second-order valence-corrected chi connectivity index (χ2v) is 5.69. The minimum Gasteiger partial charge on any atom is -0.484 e. The third kappa shape index (κ3) is 3.27. The fourth-order valence-electron chi connectivity index (χ4n) is 2.39. The van der Waals surface area contributed by atoms with Crippen molar-refractivity contribution in [2.75, 3.05) is 0 Å². The van der Waals surface area contributed by atoms with Gasteiger partial charge in [0, 0.05) is 5.02 Å². The molecule has 0 amide bonds. The van der Waals surface area contributed by atoms with Crippen molar-refractivity contribution < 1.29 is 13.6 Å². The zero-order chi connectivity index (χ0) is 17.2. The molecule has 0 bridgehead atoms. The van der Waals surface area contributed by atoms with Gasteiger partial charge in [-0.05, 0) is 36.4 Å². The molecule has 4 rings (SSSR count). The van der Waals surface area contributed by atoms with Crippen molar-refractivity contribution in [3.63, 3.8) is 0 Å². The van der Waals surface area contributed by atoms with E-state index in [1.165, 1.54) is 4.57 Å². The molecule has 0 saturated carbocycles. The monoisotopic (exact) mass is 357 g/mol. The number of oxazole rings is 1. The molecule has 0 spiro atoms. The highest BCUT2D eigenvalue weighted by Gasteiger charge is 2.13. The van der Waals surface area contributed by atoms with Crippen molar-refractivity contribution in [3.05, 3.63) is 75.9 Å². The molecule has 2 aromatic carbocycles. The quantitative estimate of drug-likeness (QED) is 0.545. The van der Waals surface area contributed by atoms with Crippen LogP contribution in [-0.2, 0) is 13.2 Å². The Kier molecular flexibility index (Phi) is 3.99. The first-order valence-corrected chi connectivity index (χ1v) is 7.85. The van der Waals surface area contributed by atoms with E-state index in [9.17, 15) is 4.79 Å². The molecule has 0 atom stereocenters. The summed E-state index contributed by atoms with van der Waals surface area (Å²) in [5, 5.41) is 8.50. The lowest BCUT2D eigenvalue weighted by Crippen LogP contribution is -2.15. The number of hydrogen-bond donors (Lipinski definition) is 0. The smallest absolute Gasteiger partial charge is 0.420 e. The lowest BCUT2D eigenvalue weighted by Gasteiger charge is -2.02. The molecule has 0 N–H and O–H groups in total. The van der Waals surface area contributed by atoms with Crippen molar-refractivity contribution in [3.8, 4) is 5.75 Å². The molecule has 126 valence electrons. The molecule has 8 heteroatoms. The van der Waals surface area contributed by atoms with Gasteiger partial charge < -0.3 is 13.6 Å². The number of aromatic nitrogens is 3. The van der Waals surface area contributed by atoms with Gasteiger partial charge >= 0.3 is 5.76 Å². The Morgan fingerprint density at radius 1 is 1.00 bits per heavy atom. The maximum atomic E-state index is 12.0. The largest absolute Gasteiger partial charge is 0.484 e. The third-order valence-electron chi connectivity index (χ3n) is 3.55. The van der Waals surface area contributed by atoms with Crippen LogP contribution in [0.4, 0.5) is 0 Å². The molecule has 25 heavy (non-hydrogen) atoms. The van der Waals surface area contributed by atoms with Crippen LogP contribution in [0.2, 0.25) is 5.02 Å². The molecule has 0 aliphatic heterocycles. The Hall–Kier alpha value is -3.06. The van der Waals surface area contributed by atoms with Crippen molar-refractivity contribution in [1.82, 2.24) is 14.8 Å². The predicted molar refractivity (Wildman–Crippen MR) is 89.7 cm³/mol. The molecule has 0 fully saturated rings. The van der Waals surface area contributed by atoms with E-state index < -0.39 is 5.76 Å². The van der Waals surface area contributed by atoms with Gasteiger partial charge in [0.1, 0.15) is 12.3 Å². The number of hydrogen-bond acceptors (Lipinski definition) is 6. The number of para-hydroxylation sites is 2. The van der Waals surface area contributed by atoms with E-state index in [1.54, 1.807) is 42.5 Å². The van der Waals surface area contributed by atoms with Gasteiger partial charge in [-0.1, -0.05) is 23.7 Å². The zero-order valence-corrected chi connectivity index (χ0v) is 13.6. The Morgan fingerprint density at radius 2 is 1.76 bits per heavy atom. The summed E-state index contributed by atoms with van der Waals surface area (Å²) in [6.45, 7) is 0.249. The highest BCUT2D eigenvalue weighted by molar-refractivity contribution is 6.30. The van der Waals surface area contributed by atoms with Crippen LogP contribution in [-0.4, -0.2) is 14.8 Å². The molecule has 0 radical (unpaired) electrons. The van der Waals surface area contributed by atoms with Crippen molar-refractivity contribution in [2.45, 2.75) is 13.2 Å². The summed E-state index contributed by atoms with van der Waals surface area (Å²) >= 11 is 5.82. The first-order chi connectivity index (χ1) is 12.2. The lowest BCUT2D eigenvalue weighted by atomic mass is 10.3. The Morgan fingerprint density at radius 3 is 2.60 bits per heavy atom. The molecule has 0 aliphatic carbocycles. The number of benzene rings is 2. The molecule has 0 aliphatic rings. The van der Waals surface area contributed by atoms with Gasteiger partial charge in [0.25, 0.3) is 5.89 Å². The molecule has 2 heterocycles. The van der Waals surface area contributed by atoms with Crippen molar-refractivity contribution >= 4 is 22.7 Å². The maximum Gasteiger partial charge on any atom is 0.420 e. The minimum atomic E-state index is -0.474. The highest BCUT2D eigenvalue weighted by atomic mass is 35.5. The van der Waals surface area contributed by atoms with Gasteiger partial charge in [-0.15, -0.1) is 10.2 Å². The summed E-state index contributed by atoms with van der Waals surface area (Å²) in [7, 11) is 0. The van der Waals surface area contributed by atoms with E-state index in [0.29, 0.717) is 33.7 Å². The van der Waals surface area contributed by atoms with E-state index in [0.717, 1.165) is 0 Å². The molecule has 0 unspecified atom stereocenters. The van der Waals surface area contributed by atoms with Gasteiger partial charge in [-0.2, -0.15) is 0 Å². The fourth-order valence-corrected chi connectivity index (χ4v) is 2.51. The van der Waals surface area contributed by atoms with Gasteiger partial charge in [0.2, 0.25) is 5.89 Å². The van der Waals surface area contributed by atoms with Crippen molar-refractivity contribution in [1.29, 1.82) is 0 Å². The van der Waals surface area contributed by atoms with Crippen LogP contribution in [0.5, 0.6) is 5.75 Å². The number of fused-ring (bicyclic) bond motifs is 1. The van der Waals surface area contributed by atoms with Gasteiger partial charge in [0.15, 0.2) is 12.2 Å². The molecular formula is C17H12ClN3O4. The van der Waals surface area contributed by atoms with E-state index in [2.05, 4.69) is 10.2 Å². The zero-order valence-electron chi connectivity index (χ0n) is 12.9. The second-order valence-electron chi connectivity index (χ2n) is 5.25. The number of nitrogens with zero attached hydrogens (tertiary/aromatic N) is 3. The molecule has 7 nitrogen and oxygen atoms in total. The van der Waals surface area contributed by atoms with Crippen LogP contribution in [0.15, 0.2) is 62.2 Å². The average Bonchev–Trinajstić information content (AvgIpc) is 3.19. The Bertz CT molecular complexity index is 1070. The first kappa shape index (κ1) is 15.5. The van der Waals surface area contributed by atoms with E-state index in [-0.39, 0.29) is 13.2 Å². The van der Waals surface area contributed by atoms with Gasteiger partial charge in [0.05, 0.1) is 5.52 Å². The Labute approximate surface area is 146 Å². The van der Waals surface area contributed by atoms with Crippen LogP contribution in [0.25, 0.3) is 11.1 Å². The number of rotatable bonds is 5. The van der Waals surface area contributed by atoms with Gasteiger partial charge in [-0.25, -0.2) is 4.79 Å². The third-order valence-corrected chi connectivity index (χ3v) is 3.80. The summed E-state index contributed by atoms with van der Waals surface area (Å²) in [4.78, 5) is 12.0. The topological polar surface area (TPSA) is 83.3 Å². The van der Waals surface area contributed by atoms with E-state index in [4.69, 9.17) is 25.2 Å². The summed E-state index contributed by atoms with van der Waals surface area (Å²) < 4.78 is 17.7. The maximum absolute atomic E-state index is 12.0. The number of ether oxygens (including phenoxy) is 1. The SMILES string of the molecule is O=c1oc2ccccc2n1Cc1nnc(COc2ccc(Cl)cc2)o1. The van der Waals surface area contributed by atoms with Crippen LogP contribution in [0.1, 0.15) is 11.8 Å². The van der Waals surface area contributed by atoms with Gasteiger partial charge in [-0.3, -0.25) is 4.57 Å². The fraction of sp³-hybridized carbons (Fsp3) is 0.118.